The number of aromatic nitrogens is 6. The molecule has 6 aromatic rings. The van der Waals surface area contributed by atoms with Crippen molar-refractivity contribution in [2.24, 2.45) is 0 Å². The summed E-state index contributed by atoms with van der Waals surface area (Å²) >= 11 is 0. The predicted octanol–water partition coefficient (Wildman–Crippen LogP) is 7.37. The number of rotatable bonds is 4. The van der Waals surface area contributed by atoms with Gasteiger partial charge < -0.3 is 19.8 Å². The van der Waals surface area contributed by atoms with Gasteiger partial charge in [0.2, 0.25) is 0 Å². The Kier molecular flexibility index (Phi) is 7.86. The average Bonchev–Trinajstić information content (AvgIpc) is 3.83. The van der Waals surface area contributed by atoms with Crippen LogP contribution in [-0.4, -0.2) is 41.0 Å². The van der Waals surface area contributed by atoms with Crippen molar-refractivity contribution in [3.8, 4) is 22.9 Å². The van der Waals surface area contributed by atoms with E-state index in [4.69, 9.17) is 4.74 Å². The summed E-state index contributed by atoms with van der Waals surface area (Å²) in [5.74, 6) is 0.411. The first-order valence-corrected chi connectivity index (χ1v) is 15.7. The quantitative estimate of drug-likeness (QED) is 0.190. The molecule has 4 heterocycles. The van der Waals surface area contributed by atoms with Gasteiger partial charge in [-0.2, -0.15) is 0 Å². The SMILES string of the molecule is CC1(c2cccc(CCC(=O)O)c2)CCCc2cn(nn2)CCCc2c(ccc3[nH]ccc23)Oc2ccc(F)c(c2)-c2ncc1[nH]2. The minimum Gasteiger partial charge on any atom is -0.481 e. The predicted molar refractivity (Wildman–Crippen MR) is 172 cm³/mol. The number of imidazole rings is 1. The first-order valence-electron chi connectivity index (χ1n) is 15.7. The third-order valence-electron chi connectivity index (χ3n) is 9.10. The number of nitrogens with one attached hydrogen (secondary N) is 2. The van der Waals surface area contributed by atoms with Gasteiger partial charge in [0.1, 0.15) is 23.1 Å². The molecule has 0 fully saturated rings. The second kappa shape index (κ2) is 12.3. The van der Waals surface area contributed by atoms with Gasteiger partial charge in [-0.1, -0.05) is 29.5 Å². The summed E-state index contributed by atoms with van der Waals surface area (Å²) in [5.41, 5.74) is 5.65. The van der Waals surface area contributed by atoms with Crippen molar-refractivity contribution in [3.63, 3.8) is 0 Å². The molecule has 1 unspecified atom stereocenters. The van der Waals surface area contributed by atoms with Crippen LogP contribution in [0.2, 0.25) is 0 Å². The lowest BCUT2D eigenvalue weighted by atomic mass is 9.75. The summed E-state index contributed by atoms with van der Waals surface area (Å²) in [5, 5.41) is 19.2. The highest BCUT2D eigenvalue weighted by atomic mass is 19.1. The zero-order chi connectivity index (χ0) is 31.7. The number of benzene rings is 3. The monoisotopic (exact) mass is 618 g/mol. The van der Waals surface area contributed by atoms with Gasteiger partial charge in [-0.3, -0.25) is 9.48 Å². The van der Waals surface area contributed by atoms with E-state index in [2.05, 4.69) is 50.4 Å². The number of aryl methyl sites for hydroxylation is 4. The fourth-order valence-corrected chi connectivity index (χ4v) is 6.50. The fourth-order valence-electron chi connectivity index (χ4n) is 6.50. The molecule has 0 aliphatic carbocycles. The van der Waals surface area contributed by atoms with Gasteiger partial charge in [-0.25, -0.2) is 9.37 Å². The van der Waals surface area contributed by atoms with Crippen molar-refractivity contribution in [2.75, 3.05) is 0 Å². The van der Waals surface area contributed by atoms with Gasteiger partial charge in [0.05, 0.1) is 11.3 Å². The van der Waals surface area contributed by atoms with Gasteiger partial charge in [0.25, 0.3) is 0 Å². The Labute approximate surface area is 265 Å². The van der Waals surface area contributed by atoms with Crippen molar-refractivity contribution in [3.05, 3.63) is 113 Å². The Balaban J connectivity index is 1.30. The van der Waals surface area contributed by atoms with Crippen LogP contribution in [0.1, 0.15) is 60.7 Å². The third-order valence-corrected chi connectivity index (χ3v) is 9.10. The number of ether oxygens (including phenoxy) is 1. The van der Waals surface area contributed by atoms with E-state index in [1.54, 1.807) is 18.3 Å². The highest BCUT2D eigenvalue weighted by Crippen LogP contribution is 2.39. The van der Waals surface area contributed by atoms with Crippen LogP contribution in [0.4, 0.5) is 4.39 Å². The number of carbonyl (C=O) groups is 1. The number of aromatic amines is 2. The standard InChI is InChI=1S/C36H35FN6O3/c1-36(24-6-2-5-23(19-24)9-14-34(44)45)16-3-7-25-22-43(42-41-25)18-4-8-28-27-15-17-38-31(27)12-13-32(28)46-26-10-11-30(37)29(20-26)35-39-21-33(36)40-35/h2,5-6,10-13,15,17,19-22,38H,3-4,7-9,14,16,18H2,1H3,(H,39,40)(H,44,45). The Morgan fingerprint density at radius 1 is 1.11 bits per heavy atom. The molecule has 0 spiro atoms. The number of nitrogens with zero attached hydrogens (tertiary/aromatic N) is 4. The molecule has 0 radical (unpaired) electrons. The number of halogens is 1. The largest absolute Gasteiger partial charge is 0.481 e. The second-order valence-electron chi connectivity index (χ2n) is 12.2. The molecule has 3 aromatic carbocycles. The van der Waals surface area contributed by atoms with E-state index >= 15 is 4.39 Å². The molecule has 10 heteroatoms. The maximum Gasteiger partial charge on any atom is 0.303 e. The summed E-state index contributed by atoms with van der Waals surface area (Å²) in [7, 11) is 0. The van der Waals surface area contributed by atoms with Crippen molar-refractivity contribution in [2.45, 2.75) is 63.8 Å². The van der Waals surface area contributed by atoms with Crippen molar-refractivity contribution >= 4 is 16.9 Å². The summed E-state index contributed by atoms with van der Waals surface area (Å²) in [6.07, 6.45) is 10.1. The van der Waals surface area contributed by atoms with E-state index in [-0.39, 0.29) is 6.42 Å². The topological polar surface area (TPSA) is 122 Å². The lowest BCUT2D eigenvalue weighted by Crippen LogP contribution is -2.25. The zero-order valence-electron chi connectivity index (χ0n) is 25.6. The highest BCUT2D eigenvalue weighted by Gasteiger charge is 2.31. The molecule has 0 amide bonds. The van der Waals surface area contributed by atoms with Gasteiger partial charge in [-0.15, -0.1) is 5.10 Å². The molecule has 46 heavy (non-hydrogen) atoms. The number of carboxylic acid groups (broad SMARTS) is 1. The third kappa shape index (κ3) is 5.90. The molecular weight excluding hydrogens is 583 g/mol. The van der Waals surface area contributed by atoms with E-state index in [0.29, 0.717) is 30.1 Å². The van der Waals surface area contributed by atoms with E-state index in [1.165, 1.54) is 6.07 Å². The first kappa shape index (κ1) is 29.5. The Morgan fingerprint density at radius 2 is 2.02 bits per heavy atom. The number of hydrogen-bond donors (Lipinski definition) is 3. The van der Waals surface area contributed by atoms with Crippen LogP contribution in [0.5, 0.6) is 11.5 Å². The van der Waals surface area contributed by atoms with Gasteiger partial charge in [0.15, 0.2) is 0 Å². The molecule has 234 valence electrons. The molecule has 9 nitrogen and oxygen atoms in total. The molecule has 3 N–H and O–H groups in total. The number of carboxylic acids is 1. The normalized spacial score (nSPS) is 17.0. The molecule has 0 saturated carbocycles. The van der Waals surface area contributed by atoms with Crippen LogP contribution >= 0.6 is 0 Å². The minimum absolute atomic E-state index is 0.0578. The second-order valence-corrected chi connectivity index (χ2v) is 12.2. The van der Waals surface area contributed by atoms with Crippen molar-refractivity contribution in [1.29, 1.82) is 0 Å². The molecule has 0 saturated heterocycles. The lowest BCUT2D eigenvalue weighted by Gasteiger charge is -2.30. The first-order chi connectivity index (χ1) is 22.4. The van der Waals surface area contributed by atoms with E-state index in [9.17, 15) is 9.90 Å². The minimum atomic E-state index is -0.829. The number of H-pyrrole nitrogens is 2. The summed E-state index contributed by atoms with van der Waals surface area (Å²) in [4.78, 5) is 22.6. The van der Waals surface area contributed by atoms with Crippen LogP contribution in [-0.2, 0) is 36.0 Å². The zero-order valence-corrected chi connectivity index (χ0v) is 25.6. The summed E-state index contributed by atoms with van der Waals surface area (Å²) in [6, 6.07) is 18.8. The molecule has 1 aliphatic heterocycles. The van der Waals surface area contributed by atoms with Gasteiger partial charge in [-0.05, 0) is 93.0 Å². The van der Waals surface area contributed by atoms with E-state index in [1.807, 2.05) is 41.3 Å². The molecule has 1 atom stereocenters. The maximum atomic E-state index is 15.4. The number of hydrogen-bond acceptors (Lipinski definition) is 5. The van der Waals surface area contributed by atoms with Crippen LogP contribution < -0.4 is 4.74 Å². The van der Waals surface area contributed by atoms with Crippen LogP contribution in [0.25, 0.3) is 22.3 Å². The summed E-state index contributed by atoms with van der Waals surface area (Å²) in [6.45, 7) is 2.86. The Hall–Kier alpha value is -5.25. The molecule has 1 aliphatic rings. The molecule has 7 rings (SSSR count). The fraction of sp³-hybridized carbons (Fsp3) is 0.278. The van der Waals surface area contributed by atoms with E-state index in [0.717, 1.165) is 76.8 Å². The van der Waals surface area contributed by atoms with Crippen molar-refractivity contribution in [1.82, 2.24) is 29.9 Å². The molecule has 6 bridgehead atoms. The lowest BCUT2D eigenvalue weighted by molar-refractivity contribution is -0.136. The van der Waals surface area contributed by atoms with Crippen molar-refractivity contribution < 1.29 is 19.0 Å². The number of fused-ring (bicyclic) bond motifs is 10. The van der Waals surface area contributed by atoms with Gasteiger partial charge in [0, 0.05) is 59.1 Å². The highest BCUT2D eigenvalue weighted by molar-refractivity contribution is 5.85. The molecule has 3 aromatic heterocycles. The summed E-state index contributed by atoms with van der Waals surface area (Å²) < 4.78 is 23.7. The van der Waals surface area contributed by atoms with Gasteiger partial charge >= 0.3 is 5.97 Å². The van der Waals surface area contributed by atoms with Crippen LogP contribution in [0, 0.1) is 5.82 Å². The maximum absolute atomic E-state index is 15.4. The molecular formula is C36H35FN6O3. The van der Waals surface area contributed by atoms with Crippen LogP contribution in [0.15, 0.2) is 79.3 Å². The Morgan fingerprint density at radius 3 is 2.91 bits per heavy atom. The van der Waals surface area contributed by atoms with E-state index < -0.39 is 17.2 Å². The average molecular weight is 619 g/mol. The number of aliphatic carboxylic acids is 1. The Bertz CT molecular complexity index is 2030. The smallest absolute Gasteiger partial charge is 0.303 e. The van der Waals surface area contributed by atoms with Crippen LogP contribution in [0.3, 0.4) is 0 Å².